The van der Waals surface area contributed by atoms with Gasteiger partial charge in [-0.05, 0) is 37.6 Å². The van der Waals surface area contributed by atoms with Crippen LogP contribution in [0.1, 0.15) is 92.8 Å². The Bertz CT molecular complexity index is 579. The number of nitrogens with one attached hydrogen (secondary N) is 1. The first-order chi connectivity index (χ1) is 14.2. The molecule has 29 heavy (non-hydrogen) atoms. The van der Waals surface area contributed by atoms with E-state index in [2.05, 4.69) is 10.3 Å². The van der Waals surface area contributed by atoms with Crippen LogP contribution in [0.25, 0.3) is 0 Å². The van der Waals surface area contributed by atoms with Gasteiger partial charge >= 0.3 is 0 Å². The minimum atomic E-state index is 0.0659. The summed E-state index contributed by atoms with van der Waals surface area (Å²) < 4.78 is 0. The van der Waals surface area contributed by atoms with Crippen LogP contribution in [0.4, 0.5) is 5.69 Å². The zero-order chi connectivity index (χ0) is 23.2. The van der Waals surface area contributed by atoms with Gasteiger partial charge in [0, 0.05) is 29.4 Å². The highest BCUT2D eigenvalue weighted by atomic mass is 16.2. The van der Waals surface area contributed by atoms with Crippen molar-refractivity contribution in [3.63, 3.8) is 0 Å². The van der Waals surface area contributed by atoms with E-state index in [1.807, 2.05) is 119 Å². The maximum absolute atomic E-state index is 12.1. The first-order valence-corrected chi connectivity index (χ1v) is 11.5. The van der Waals surface area contributed by atoms with E-state index >= 15 is 0 Å². The lowest BCUT2D eigenvalue weighted by molar-refractivity contribution is -0.117. The van der Waals surface area contributed by atoms with Crippen LogP contribution >= 0.6 is 0 Å². The summed E-state index contributed by atoms with van der Waals surface area (Å²) in [4.78, 5) is 16.4. The molecule has 1 aromatic heterocycles. The second kappa shape index (κ2) is 22.1. The van der Waals surface area contributed by atoms with Gasteiger partial charge in [0.1, 0.15) is 0 Å². The third-order valence-electron chi connectivity index (χ3n) is 3.51. The molecule has 1 aliphatic carbocycles. The van der Waals surface area contributed by atoms with E-state index in [0.717, 1.165) is 17.8 Å². The minimum Gasteiger partial charge on any atom is -0.326 e. The number of rotatable bonds is 3. The third-order valence-corrected chi connectivity index (χ3v) is 3.51. The Hall–Kier alpha value is -2.16. The minimum absolute atomic E-state index is 0.0659. The van der Waals surface area contributed by atoms with E-state index in [-0.39, 0.29) is 17.7 Å². The van der Waals surface area contributed by atoms with Crippen molar-refractivity contribution in [3.8, 4) is 0 Å². The van der Waals surface area contributed by atoms with Crippen LogP contribution in [0.5, 0.6) is 0 Å². The van der Waals surface area contributed by atoms with Gasteiger partial charge in [-0.3, -0.25) is 9.78 Å². The Kier molecular flexibility index (Phi) is 24.1. The smallest absolute Gasteiger partial charge is 0.228 e. The monoisotopic (exact) mass is 402 g/mol. The first-order valence-electron chi connectivity index (χ1n) is 11.5. The van der Waals surface area contributed by atoms with Crippen molar-refractivity contribution >= 4 is 11.6 Å². The second-order valence-electron chi connectivity index (χ2n) is 5.06. The number of carbonyl (C=O) groups is 1. The molecule has 0 bridgehead atoms. The molecular weight excluding hydrogens is 356 g/mol. The molecule has 2 unspecified atom stereocenters. The van der Waals surface area contributed by atoms with Crippen molar-refractivity contribution < 1.29 is 4.79 Å². The normalized spacial score (nSPS) is 14.7. The lowest BCUT2D eigenvalue weighted by atomic mass is 10.2. The fourth-order valence-electron chi connectivity index (χ4n) is 2.28. The van der Waals surface area contributed by atoms with Crippen molar-refractivity contribution in [2.75, 3.05) is 5.32 Å². The highest BCUT2D eigenvalue weighted by Crippen LogP contribution is 2.47. The van der Waals surface area contributed by atoms with Crippen molar-refractivity contribution in [2.24, 2.45) is 5.92 Å². The van der Waals surface area contributed by atoms with Crippen LogP contribution in [0.15, 0.2) is 48.7 Å². The first kappa shape index (κ1) is 31.5. The molecule has 2 aromatic rings. The number of amides is 1. The van der Waals surface area contributed by atoms with Crippen molar-refractivity contribution in [1.82, 2.24) is 4.98 Å². The Morgan fingerprint density at radius 3 is 1.79 bits per heavy atom. The second-order valence-corrected chi connectivity index (χ2v) is 5.06. The van der Waals surface area contributed by atoms with Crippen LogP contribution in [0.2, 0.25) is 0 Å². The van der Waals surface area contributed by atoms with Gasteiger partial charge in [0.2, 0.25) is 5.91 Å². The van der Waals surface area contributed by atoms with Gasteiger partial charge in [0.15, 0.2) is 0 Å². The number of hydrogen-bond acceptors (Lipinski definition) is 2. The summed E-state index contributed by atoms with van der Waals surface area (Å²) in [6.45, 7) is 22.0. The van der Waals surface area contributed by atoms with E-state index in [0.29, 0.717) is 0 Å². The molecule has 0 aliphatic heterocycles. The number of aromatic nitrogens is 1. The molecule has 0 saturated heterocycles. The summed E-state index contributed by atoms with van der Waals surface area (Å²) in [7, 11) is 0. The summed E-state index contributed by atoms with van der Waals surface area (Å²) in [5.74, 6) is 0.447. The number of hydrogen-bond donors (Lipinski definition) is 1. The summed E-state index contributed by atoms with van der Waals surface area (Å²) in [6, 6.07) is 13.7. The Balaban J connectivity index is -0.000000594. The molecule has 1 fully saturated rings. The van der Waals surface area contributed by atoms with E-state index in [4.69, 9.17) is 0 Å². The van der Waals surface area contributed by atoms with E-state index in [1.54, 1.807) is 6.20 Å². The Morgan fingerprint density at radius 2 is 1.34 bits per heavy atom. The largest absolute Gasteiger partial charge is 0.326 e. The van der Waals surface area contributed by atoms with Crippen molar-refractivity contribution in [2.45, 2.75) is 88.5 Å². The molecule has 1 amide bonds. The number of nitrogens with zero attached hydrogens (tertiary/aromatic N) is 1. The standard InChI is InChI=1S/C16H16N2O.5C2H6/c1-11-5-7-12(8-6-11)18-16(19)14-10-13(14)15-4-2-3-9-17-15;5*1-2/h2-9,13-14H,10H2,1H3,(H,18,19);5*1-2H3. The molecule has 2 atom stereocenters. The van der Waals surface area contributed by atoms with Crippen LogP contribution in [0.3, 0.4) is 0 Å². The summed E-state index contributed by atoms with van der Waals surface area (Å²) >= 11 is 0. The van der Waals surface area contributed by atoms with Gasteiger partial charge in [-0.2, -0.15) is 0 Å². The zero-order valence-electron chi connectivity index (χ0n) is 20.8. The summed E-state index contributed by atoms with van der Waals surface area (Å²) in [5.41, 5.74) is 3.07. The van der Waals surface area contributed by atoms with Gasteiger partial charge in [-0.15, -0.1) is 0 Å². The highest BCUT2D eigenvalue weighted by molar-refractivity contribution is 5.95. The van der Waals surface area contributed by atoms with Gasteiger partial charge in [-0.25, -0.2) is 0 Å². The lowest BCUT2D eigenvalue weighted by Gasteiger charge is -2.05. The zero-order valence-corrected chi connectivity index (χ0v) is 20.8. The molecule has 1 aromatic carbocycles. The average Bonchev–Trinajstić information content (AvgIpc) is 3.64. The maximum Gasteiger partial charge on any atom is 0.228 e. The van der Waals surface area contributed by atoms with Crippen LogP contribution in [-0.4, -0.2) is 10.9 Å². The van der Waals surface area contributed by atoms with Gasteiger partial charge in [0.05, 0.1) is 0 Å². The fourth-order valence-corrected chi connectivity index (χ4v) is 2.28. The maximum atomic E-state index is 12.1. The molecule has 0 spiro atoms. The molecule has 1 N–H and O–H groups in total. The van der Waals surface area contributed by atoms with Crippen LogP contribution in [-0.2, 0) is 4.79 Å². The molecule has 3 heteroatoms. The van der Waals surface area contributed by atoms with Gasteiger partial charge in [0.25, 0.3) is 0 Å². The summed E-state index contributed by atoms with van der Waals surface area (Å²) in [5, 5.41) is 2.96. The van der Waals surface area contributed by atoms with Gasteiger partial charge < -0.3 is 5.32 Å². The topological polar surface area (TPSA) is 42.0 Å². The number of anilines is 1. The number of pyridine rings is 1. The predicted molar refractivity (Wildman–Crippen MR) is 132 cm³/mol. The highest BCUT2D eigenvalue weighted by Gasteiger charge is 2.44. The number of carbonyl (C=O) groups excluding carboxylic acids is 1. The quantitative estimate of drug-likeness (QED) is 0.561. The Morgan fingerprint density at radius 1 is 0.828 bits per heavy atom. The Labute approximate surface area is 181 Å². The van der Waals surface area contributed by atoms with E-state index in [9.17, 15) is 4.79 Å². The van der Waals surface area contributed by atoms with Crippen molar-refractivity contribution in [3.05, 3.63) is 59.9 Å². The van der Waals surface area contributed by atoms with Crippen LogP contribution in [0, 0.1) is 12.8 Å². The molecule has 1 saturated carbocycles. The number of aryl methyl sites for hydroxylation is 1. The average molecular weight is 403 g/mol. The van der Waals surface area contributed by atoms with Gasteiger partial charge in [-0.1, -0.05) is 93.0 Å². The van der Waals surface area contributed by atoms with Crippen molar-refractivity contribution in [1.29, 1.82) is 0 Å². The van der Waals surface area contributed by atoms with Crippen LogP contribution < -0.4 is 5.32 Å². The molecule has 166 valence electrons. The third kappa shape index (κ3) is 12.8. The molecule has 0 radical (unpaired) electrons. The molecule has 1 heterocycles. The molecule has 3 rings (SSSR count). The molecular formula is C26H46N2O. The van der Waals surface area contributed by atoms with E-state index < -0.39 is 0 Å². The molecule has 3 nitrogen and oxygen atoms in total. The predicted octanol–water partition coefficient (Wildman–Crippen LogP) is 8.26. The van der Waals surface area contributed by atoms with E-state index in [1.165, 1.54) is 5.56 Å². The lowest BCUT2D eigenvalue weighted by Crippen LogP contribution is -2.14. The summed E-state index contributed by atoms with van der Waals surface area (Å²) in [6.07, 6.45) is 2.68. The molecule has 1 aliphatic rings. The number of benzene rings is 1. The SMILES string of the molecule is CC.CC.CC.CC.CC.Cc1ccc(NC(=O)C2CC2c2ccccn2)cc1. The fraction of sp³-hybridized carbons (Fsp3) is 0.538.